The fourth-order valence-electron chi connectivity index (χ4n) is 3.79. The zero-order valence-electron chi connectivity index (χ0n) is 13.3. The molecule has 2 N–H and O–H groups in total. The van der Waals surface area contributed by atoms with Crippen LogP contribution >= 0.6 is 0 Å². The second-order valence-corrected chi connectivity index (χ2v) is 7.21. The Morgan fingerprint density at radius 2 is 1.67 bits per heavy atom. The van der Waals surface area contributed by atoms with E-state index in [9.17, 15) is 4.79 Å². The van der Waals surface area contributed by atoms with E-state index in [1.165, 1.54) is 64.2 Å². The first kappa shape index (κ1) is 15.3. The van der Waals surface area contributed by atoms with Crippen LogP contribution in [0.25, 0.3) is 0 Å². The number of likely N-dealkylation sites (tertiary alicyclic amines) is 1. The van der Waals surface area contributed by atoms with Gasteiger partial charge >= 0.3 is 0 Å². The first-order chi connectivity index (χ1) is 10.3. The van der Waals surface area contributed by atoms with Crippen LogP contribution in [0.2, 0.25) is 0 Å². The number of nitrogens with zero attached hydrogens (tertiary/aromatic N) is 1. The van der Waals surface area contributed by atoms with Crippen molar-refractivity contribution in [3.8, 4) is 0 Å². The minimum Gasteiger partial charge on any atom is -0.352 e. The lowest BCUT2D eigenvalue weighted by molar-refractivity contribution is -0.124. The van der Waals surface area contributed by atoms with Crippen LogP contribution in [-0.4, -0.2) is 48.6 Å². The predicted molar refractivity (Wildman–Crippen MR) is 85.3 cm³/mol. The van der Waals surface area contributed by atoms with Gasteiger partial charge in [-0.1, -0.05) is 25.7 Å². The summed E-state index contributed by atoms with van der Waals surface area (Å²) in [5.74, 6) is 0.250. The molecule has 120 valence electrons. The van der Waals surface area contributed by atoms with Crippen molar-refractivity contribution in [2.24, 2.45) is 0 Å². The van der Waals surface area contributed by atoms with Gasteiger partial charge in [-0.25, -0.2) is 0 Å². The molecule has 1 atom stereocenters. The third-order valence-corrected chi connectivity index (χ3v) is 5.29. The Morgan fingerprint density at radius 1 is 0.905 bits per heavy atom. The Bertz CT molecular complexity index is 337. The summed E-state index contributed by atoms with van der Waals surface area (Å²) >= 11 is 0. The number of amides is 1. The molecule has 0 aromatic rings. The average Bonchev–Trinajstić information content (AvgIpc) is 3.31. The molecule has 4 nitrogen and oxygen atoms in total. The van der Waals surface area contributed by atoms with Gasteiger partial charge in [0.05, 0.1) is 6.54 Å². The Hall–Kier alpha value is -0.610. The number of nitrogens with one attached hydrogen (secondary N) is 2. The SMILES string of the molecule is O=C(CN1CCCCC1CNC1CC1)NC1CCCCC1. The maximum absolute atomic E-state index is 12.3. The van der Waals surface area contributed by atoms with Gasteiger partial charge in [0.2, 0.25) is 5.91 Å². The fourth-order valence-corrected chi connectivity index (χ4v) is 3.79. The molecule has 3 aliphatic rings. The summed E-state index contributed by atoms with van der Waals surface area (Å²) in [4.78, 5) is 14.7. The normalized spacial score (nSPS) is 28.5. The van der Waals surface area contributed by atoms with Crippen LogP contribution < -0.4 is 10.6 Å². The molecule has 2 aliphatic carbocycles. The molecule has 0 aromatic carbocycles. The van der Waals surface area contributed by atoms with Crippen molar-refractivity contribution in [1.82, 2.24) is 15.5 Å². The number of hydrogen-bond acceptors (Lipinski definition) is 3. The van der Waals surface area contributed by atoms with Crippen LogP contribution in [0.1, 0.15) is 64.2 Å². The molecular formula is C17H31N3O. The highest BCUT2D eigenvalue weighted by atomic mass is 16.2. The lowest BCUT2D eigenvalue weighted by atomic mass is 9.95. The van der Waals surface area contributed by atoms with Crippen LogP contribution in [0.3, 0.4) is 0 Å². The molecule has 3 fully saturated rings. The topological polar surface area (TPSA) is 44.4 Å². The van der Waals surface area contributed by atoms with Gasteiger partial charge in [0.1, 0.15) is 0 Å². The monoisotopic (exact) mass is 293 g/mol. The standard InChI is InChI=1S/C17H31N3O/c21-17(19-15-6-2-1-3-7-15)13-20-11-5-4-8-16(20)12-18-14-9-10-14/h14-16,18H,1-13H2,(H,19,21). The van der Waals surface area contributed by atoms with Gasteiger partial charge in [-0.05, 0) is 45.1 Å². The van der Waals surface area contributed by atoms with Crippen LogP contribution in [0.4, 0.5) is 0 Å². The Morgan fingerprint density at radius 3 is 2.43 bits per heavy atom. The summed E-state index contributed by atoms with van der Waals surface area (Å²) in [6.07, 6.45) is 12.8. The number of rotatable bonds is 6. The third kappa shape index (κ3) is 4.96. The maximum atomic E-state index is 12.3. The second kappa shape index (κ2) is 7.59. The van der Waals surface area contributed by atoms with Crippen LogP contribution in [-0.2, 0) is 4.79 Å². The van der Waals surface area contributed by atoms with E-state index in [2.05, 4.69) is 15.5 Å². The first-order valence-electron chi connectivity index (χ1n) is 9.08. The summed E-state index contributed by atoms with van der Waals surface area (Å²) in [5, 5.41) is 6.90. The third-order valence-electron chi connectivity index (χ3n) is 5.29. The largest absolute Gasteiger partial charge is 0.352 e. The van der Waals surface area contributed by atoms with Crippen molar-refractivity contribution >= 4 is 5.91 Å². The Balaban J connectivity index is 1.42. The summed E-state index contributed by atoms with van der Waals surface area (Å²) in [7, 11) is 0. The zero-order valence-corrected chi connectivity index (χ0v) is 13.3. The van der Waals surface area contributed by atoms with Gasteiger partial charge in [0.25, 0.3) is 0 Å². The molecule has 0 aromatic heterocycles. The second-order valence-electron chi connectivity index (χ2n) is 7.21. The van der Waals surface area contributed by atoms with Crippen molar-refractivity contribution in [2.75, 3.05) is 19.6 Å². The highest BCUT2D eigenvalue weighted by Crippen LogP contribution is 2.21. The van der Waals surface area contributed by atoms with Crippen molar-refractivity contribution in [1.29, 1.82) is 0 Å². The molecule has 0 radical (unpaired) electrons. The number of hydrogen-bond donors (Lipinski definition) is 2. The van der Waals surface area contributed by atoms with Gasteiger partial charge < -0.3 is 10.6 Å². The molecule has 3 rings (SSSR count). The van der Waals surface area contributed by atoms with Crippen molar-refractivity contribution in [3.05, 3.63) is 0 Å². The van der Waals surface area contributed by atoms with Crippen molar-refractivity contribution in [2.45, 2.75) is 82.3 Å². The van der Waals surface area contributed by atoms with Crippen molar-refractivity contribution in [3.63, 3.8) is 0 Å². The molecule has 2 saturated carbocycles. The number of piperidine rings is 1. The predicted octanol–water partition coefficient (Wildman–Crippen LogP) is 2.04. The Kier molecular flexibility index (Phi) is 5.53. The van der Waals surface area contributed by atoms with E-state index < -0.39 is 0 Å². The maximum Gasteiger partial charge on any atom is 0.234 e. The molecule has 1 saturated heterocycles. The van der Waals surface area contributed by atoms with Gasteiger partial charge in [-0.2, -0.15) is 0 Å². The van der Waals surface area contributed by atoms with E-state index in [1.807, 2.05) is 0 Å². The van der Waals surface area contributed by atoms with E-state index in [-0.39, 0.29) is 5.91 Å². The molecule has 1 amide bonds. The van der Waals surface area contributed by atoms with E-state index >= 15 is 0 Å². The quantitative estimate of drug-likeness (QED) is 0.788. The van der Waals surface area contributed by atoms with E-state index in [0.29, 0.717) is 18.6 Å². The summed E-state index contributed by atoms with van der Waals surface area (Å²) < 4.78 is 0. The van der Waals surface area contributed by atoms with E-state index in [4.69, 9.17) is 0 Å². The first-order valence-corrected chi connectivity index (χ1v) is 9.08. The van der Waals surface area contributed by atoms with Gasteiger partial charge in [0.15, 0.2) is 0 Å². The summed E-state index contributed by atoms with van der Waals surface area (Å²) in [6, 6.07) is 1.78. The molecule has 21 heavy (non-hydrogen) atoms. The number of carbonyl (C=O) groups excluding carboxylic acids is 1. The fraction of sp³-hybridized carbons (Fsp3) is 0.941. The van der Waals surface area contributed by atoms with Crippen LogP contribution in [0.5, 0.6) is 0 Å². The summed E-state index contributed by atoms with van der Waals surface area (Å²) in [5.41, 5.74) is 0. The highest BCUT2D eigenvalue weighted by molar-refractivity contribution is 5.78. The van der Waals surface area contributed by atoms with Crippen LogP contribution in [0.15, 0.2) is 0 Å². The molecule has 1 heterocycles. The van der Waals surface area contributed by atoms with E-state index in [0.717, 1.165) is 19.1 Å². The number of carbonyl (C=O) groups is 1. The molecule has 4 heteroatoms. The lowest BCUT2D eigenvalue weighted by Crippen LogP contribution is -2.51. The van der Waals surface area contributed by atoms with Gasteiger partial charge in [0, 0.05) is 24.7 Å². The smallest absolute Gasteiger partial charge is 0.234 e. The minimum atomic E-state index is 0.250. The minimum absolute atomic E-state index is 0.250. The van der Waals surface area contributed by atoms with Gasteiger partial charge in [-0.15, -0.1) is 0 Å². The Labute approximate surface area is 129 Å². The highest BCUT2D eigenvalue weighted by Gasteiger charge is 2.28. The van der Waals surface area contributed by atoms with Crippen molar-refractivity contribution < 1.29 is 4.79 Å². The molecule has 0 spiro atoms. The molecule has 1 aliphatic heterocycles. The molecular weight excluding hydrogens is 262 g/mol. The van der Waals surface area contributed by atoms with Crippen LogP contribution in [0, 0.1) is 0 Å². The van der Waals surface area contributed by atoms with Gasteiger partial charge in [-0.3, -0.25) is 9.69 Å². The molecule has 1 unspecified atom stereocenters. The van der Waals surface area contributed by atoms with E-state index in [1.54, 1.807) is 0 Å². The molecule has 0 bridgehead atoms. The lowest BCUT2D eigenvalue weighted by Gasteiger charge is -2.36. The average molecular weight is 293 g/mol. The zero-order chi connectivity index (χ0) is 14.5. The summed E-state index contributed by atoms with van der Waals surface area (Å²) in [6.45, 7) is 2.77.